The highest BCUT2D eigenvalue weighted by Crippen LogP contribution is 2.19. The third-order valence-electron chi connectivity index (χ3n) is 2.06. The zero-order valence-electron chi connectivity index (χ0n) is 7.30. The summed E-state index contributed by atoms with van der Waals surface area (Å²) in [5.74, 6) is 2.45. The number of likely N-dealkylation sites (N-methyl/N-ethyl adjacent to an activating group) is 1. The second kappa shape index (κ2) is 5.01. The summed E-state index contributed by atoms with van der Waals surface area (Å²) in [4.78, 5) is 0. The molecule has 0 saturated carbocycles. The second-order valence-corrected chi connectivity index (χ2v) is 3.95. The molecule has 1 N–H and O–H groups in total. The fraction of sp³-hybridized carbons (Fsp3) is 1.00. The van der Waals surface area contributed by atoms with E-state index in [1.165, 1.54) is 17.9 Å². The minimum Gasteiger partial charge on any atom is -0.380 e. The van der Waals surface area contributed by atoms with E-state index >= 15 is 0 Å². The lowest BCUT2D eigenvalue weighted by Gasteiger charge is -2.30. The Morgan fingerprint density at radius 1 is 1.64 bits per heavy atom. The Bertz CT molecular complexity index is 108. The van der Waals surface area contributed by atoms with Gasteiger partial charge < -0.3 is 10.1 Å². The molecule has 1 rings (SSSR count). The molecule has 2 atom stereocenters. The predicted octanol–water partition coefficient (Wildman–Crippen LogP) is 1.12. The van der Waals surface area contributed by atoms with E-state index < -0.39 is 0 Å². The van der Waals surface area contributed by atoms with Gasteiger partial charge in [0.25, 0.3) is 0 Å². The van der Waals surface area contributed by atoms with Crippen molar-refractivity contribution < 1.29 is 4.74 Å². The molecule has 1 aliphatic rings. The highest BCUT2D eigenvalue weighted by atomic mass is 32.2. The van der Waals surface area contributed by atoms with Crippen molar-refractivity contribution in [1.82, 2.24) is 5.32 Å². The lowest BCUT2D eigenvalue weighted by molar-refractivity contribution is 0.0711. The summed E-state index contributed by atoms with van der Waals surface area (Å²) < 4.78 is 5.38. The fourth-order valence-corrected chi connectivity index (χ4v) is 2.61. The van der Waals surface area contributed by atoms with Gasteiger partial charge in [-0.2, -0.15) is 11.8 Å². The van der Waals surface area contributed by atoms with Crippen molar-refractivity contribution in [3.05, 3.63) is 0 Å². The van der Waals surface area contributed by atoms with E-state index in [1.807, 2.05) is 18.9 Å². The molecule has 2 nitrogen and oxygen atoms in total. The van der Waals surface area contributed by atoms with Gasteiger partial charge >= 0.3 is 0 Å². The van der Waals surface area contributed by atoms with Gasteiger partial charge in [-0.15, -0.1) is 0 Å². The summed E-state index contributed by atoms with van der Waals surface area (Å²) in [6, 6.07) is 0.573. The molecule has 2 unspecified atom stereocenters. The molecule has 1 heterocycles. The van der Waals surface area contributed by atoms with E-state index in [-0.39, 0.29) is 0 Å². The van der Waals surface area contributed by atoms with E-state index in [9.17, 15) is 0 Å². The Kier molecular flexibility index (Phi) is 4.26. The highest BCUT2D eigenvalue weighted by Gasteiger charge is 2.23. The van der Waals surface area contributed by atoms with Gasteiger partial charge in [0.2, 0.25) is 0 Å². The van der Waals surface area contributed by atoms with Gasteiger partial charge in [-0.3, -0.25) is 0 Å². The van der Waals surface area contributed by atoms with Gasteiger partial charge in [-0.1, -0.05) is 6.92 Å². The first kappa shape index (κ1) is 9.36. The van der Waals surface area contributed by atoms with Crippen molar-refractivity contribution in [2.45, 2.75) is 25.5 Å². The average Bonchev–Trinajstić information content (AvgIpc) is 2.06. The number of methoxy groups -OCH3 is 1. The third-order valence-corrected chi connectivity index (χ3v) is 3.18. The molecule has 0 bridgehead atoms. The largest absolute Gasteiger partial charge is 0.380 e. The predicted molar refractivity (Wildman–Crippen MR) is 50.2 cm³/mol. The van der Waals surface area contributed by atoms with Crippen LogP contribution >= 0.6 is 11.8 Å². The molecule has 1 fully saturated rings. The molecule has 0 aliphatic carbocycles. The lowest BCUT2D eigenvalue weighted by atomic mass is 10.1. The maximum Gasteiger partial charge on any atom is 0.0740 e. The van der Waals surface area contributed by atoms with Crippen LogP contribution in [0.5, 0.6) is 0 Å². The monoisotopic (exact) mass is 175 g/mol. The standard InChI is InChI=1S/C8H17NOS/c1-3-9-7-6-11-5-4-8(7)10-2/h7-9H,3-6H2,1-2H3. The van der Waals surface area contributed by atoms with Crippen molar-refractivity contribution in [3.8, 4) is 0 Å². The molecule has 0 amide bonds. The van der Waals surface area contributed by atoms with Crippen LogP contribution in [-0.2, 0) is 4.74 Å². The van der Waals surface area contributed by atoms with Crippen LogP contribution in [0.1, 0.15) is 13.3 Å². The molecule has 11 heavy (non-hydrogen) atoms. The van der Waals surface area contributed by atoms with Crippen molar-refractivity contribution in [1.29, 1.82) is 0 Å². The van der Waals surface area contributed by atoms with Gasteiger partial charge in [-0.25, -0.2) is 0 Å². The van der Waals surface area contributed by atoms with Crippen LogP contribution in [0.15, 0.2) is 0 Å². The molecule has 3 heteroatoms. The molecule has 66 valence electrons. The Balaban J connectivity index is 2.31. The first-order valence-electron chi connectivity index (χ1n) is 4.22. The fourth-order valence-electron chi connectivity index (χ4n) is 1.45. The molecular formula is C8H17NOS. The summed E-state index contributed by atoms with van der Waals surface area (Å²) in [7, 11) is 1.81. The maximum absolute atomic E-state index is 5.38. The molecule has 0 aromatic carbocycles. The summed E-state index contributed by atoms with van der Waals surface area (Å²) >= 11 is 2.02. The summed E-state index contributed by atoms with van der Waals surface area (Å²) in [5.41, 5.74) is 0. The summed E-state index contributed by atoms with van der Waals surface area (Å²) in [6.07, 6.45) is 1.63. The lowest BCUT2D eigenvalue weighted by Crippen LogP contribution is -2.45. The van der Waals surface area contributed by atoms with Crippen LogP contribution in [0.4, 0.5) is 0 Å². The normalized spacial score (nSPS) is 32.2. The van der Waals surface area contributed by atoms with Crippen molar-refractivity contribution >= 4 is 11.8 Å². The molecular weight excluding hydrogens is 158 g/mol. The van der Waals surface area contributed by atoms with Crippen LogP contribution in [0.2, 0.25) is 0 Å². The molecule has 0 aromatic rings. The SMILES string of the molecule is CCNC1CSCCC1OC. The number of thioether (sulfide) groups is 1. The van der Waals surface area contributed by atoms with E-state index in [1.54, 1.807) is 0 Å². The van der Waals surface area contributed by atoms with Crippen LogP contribution in [0.25, 0.3) is 0 Å². The zero-order valence-corrected chi connectivity index (χ0v) is 8.12. The minimum atomic E-state index is 0.441. The van der Waals surface area contributed by atoms with Crippen LogP contribution in [0, 0.1) is 0 Å². The van der Waals surface area contributed by atoms with Gasteiger partial charge in [0, 0.05) is 18.9 Å². The quantitative estimate of drug-likeness (QED) is 0.694. The summed E-state index contributed by atoms with van der Waals surface area (Å²) in [6.45, 7) is 3.19. The molecule has 0 aromatic heterocycles. The Labute approximate surface area is 73.1 Å². The first-order valence-corrected chi connectivity index (χ1v) is 5.38. The second-order valence-electron chi connectivity index (χ2n) is 2.80. The van der Waals surface area contributed by atoms with E-state index in [0.717, 1.165) is 6.54 Å². The maximum atomic E-state index is 5.38. The Morgan fingerprint density at radius 2 is 2.45 bits per heavy atom. The van der Waals surface area contributed by atoms with Crippen LogP contribution in [-0.4, -0.2) is 37.3 Å². The molecule has 1 aliphatic heterocycles. The number of hydrogen-bond donors (Lipinski definition) is 1. The van der Waals surface area contributed by atoms with Crippen molar-refractivity contribution in [2.75, 3.05) is 25.2 Å². The average molecular weight is 175 g/mol. The Morgan fingerprint density at radius 3 is 3.09 bits per heavy atom. The third kappa shape index (κ3) is 2.65. The molecule has 1 saturated heterocycles. The number of ether oxygens (including phenoxy) is 1. The number of rotatable bonds is 3. The van der Waals surface area contributed by atoms with Gasteiger partial charge in [0.05, 0.1) is 6.10 Å². The smallest absolute Gasteiger partial charge is 0.0740 e. The van der Waals surface area contributed by atoms with Gasteiger partial charge in [-0.05, 0) is 18.7 Å². The van der Waals surface area contributed by atoms with Gasteiger partial charge in [0.1, 0.15) is 0 Å². The van der Waals surface area contributed by atoms with Crippen LogP contribution in [0.3, 0.4) is 0 Å². The van der Waals surface area contributed by atoms with E-state index in [2.05, 4.69) is 12.2 Å². The van der Waals surface area contributed by atoms with Crippen molar-refractivity contribution in [2.24, 2.45) is 0 Å². The molecule has 0 spiro atoms. The Hall–Kier alpha value is 0.270. The van der Waals surface area contributed by atoms with E-state index in [4.69, 9.17) is 4.74 Å². The van der Waals surface area contributed by atoms with Crippen molar-refractivity contribution in [3.63, 3.8) is 0 Å². The summed E-state index contributed by atoms with van der Waals surface area (Å²) in [5, 5.41) is 3.44. The van der Waals surface area contributed by atoms with E-state index in [0.29, 0.717) is 12.1 Å². The van der Waals surface area contributed by atoms with Gasteiger partial charge in [0.15, 0.2) is 0 Å². The highest BCUT2D eigenvalue weighted by molar-refractivity contribution is 7.99. The number of nitrogens with one attached hydrogen (secondary N) is 1. The van der Waals surface area contributed by atoms with Crippen LogP contribution < -0.4 is 5.32 Å². The molecule has 0 radical (unpaired) electrons. The first-order chi connectivity index (χ1) is 5.38. The minimum absolute atomic E-state index is 0.441. The topological polar surface area (TPSA) is 21.3 Å². The zero-order chi connectivity index (χ0) is 8.10. The number of hydrogen-bond acceptors (Lipinski definition) is 3.